The van der Waals surface area contributed by atoms with Crippen LogP contribution in [0, 0.1) is 18.6 Å². The summed E-state index contributed by atoms with van der Waals surface area (Å²) in [5.41, 5.74) is 5.00. The standard InChI is InChI=1S/C11H16F2N2O2S/c1-8-6-10(13)11(7-9(8)12)15-18(16,17)5-3-2-4-14/h6-7,15H,2-5,14H2,1H3. The Bertz CT molecular complexity index is 518. The second-order valence-corrected chi connectivity index (χ2v) is 5.84. The third kappa shape index (κ3) is 4.23. The second-order valence-electron chi connectivity index (χ2n) is 4.00. The zero-order chi connectivity index (χ0) is 13.8. The van der Waals surface area contributed by atoms with Gasteiger partial charge in [0.15, 0.2) is 0 Å². The summed E-state index contributed by atoms with van der Waals surface area (Å²) >= 11 is 0. The van der Waals surface area contributed by atoms with Crippen LogP contribution in [-0.4, -0.2) is 20.7 Å². The van der Waals surface area contributed by atoms with Gasteiger partial charge in [-0.2, -0.15) is 0 Å². The predicted molar refractivity (Wildman–Crippen MR) is 66.8 cm³/mol. The lowest BCUT2D eigenvalue weighted by atomic mass is 10.2. The quantitative estimate of drug-likeness (QED) is 0.779. The summed E-state index contributed by atoms with van der Waals surface area (Å²) in [6.07, 6.45) is 0.938. The van der Waals surface area contributed by atoms with Crippen molar-refractivity contribution in [2.75, 3.05) is 17.0 Å². The van der Waals surface area contributed by atoms with E-state index in [0.717, 1.165) is 12.1 Å². The third-order valence-corrected chi connectivity index (χ3v) is 3.74. The molecule has 0 aliphatic heterocycles. The number of nitrogens with two attached hydrogens (primary N) is 1. The highest BCUT2D eigenvalue weighted by Crippen LogP contribution is 2.20. The number of sulfonamides is 1. The van der Waals surface area contributed by atoms with E-state index in [4.69, 9.17) is 5.73 Å². The molecule has 1 aromatic rings. The van der Waals surface area contributed by atoms with Crippen LogP contribution in [0.4, 0.5) is 14.5 Å². The molecule has 0 saturated carbocycles. The van der Waals surface area contributed by atoms with E-state index in [1.165, 1.54) is 6.92 Å². The number of anilines is 1. The number of nitrogens with one attached hydrogen (secondary N) is 1. The van der Waals surface area contributed by atoms with Gasteiger partial charge in [-0.15, -0.1) is 0 Å². The summed E-state index contributed by atoms with van der Waals surface area (Å²) in [7, 11) is -3.67. The van der Waals surface area contributed by atoms with E-state index in [-0.39, 0.29) is 17.0 Å². The van der Waals surface area contributed by atoms with Crippen LogP contribution in [0.2, 0.25) is 0 Å². The molecule has 102 valence electrons. The molecule has 4 nitrogen and oxygen atoms in total. The van der Waals surface area contributed by atoms with Crippen LogP contribution in [0.1, 0.15) is 18.4 Å². The number of rotatable bonds is 6. The Morgan fingerprint density at radius 2 is 1.89 bits per heavy atom. The molecular formula is C11H16F2N2O2S. The van der Waals surface area contributed by atoms with E-state index in [0.29, 0.717) is 19.4 Å². The summed E-state index contributed by atoms with van der Waals surface area (Å²) in [6, 6.07) is 1.79. The van der Waals surface area contributed by atoms with Gasteiger partial charge in [0.25, 0.3) is 0 Å². The molecule has 3 N–H and O–H groups in total. The number of aryl methyl sites for hydroxylation is 1. The smallest absolute Gasteiger partial charge is 0.232 e. The summed E-state index contributed by atoms with van der Waals surface area (Å²) in [6.45, 7) is 1.79. The zero-order valence-corrected chi connectivity index (χ0v) is 10.9. The number of halogens is 2. The van der Waals surface area contributed by atoms with Crippen LogP contribution < -0.4 is 10.5 Å². The van der Waals surface area contributed by atoms with E-state index in [9.17, 15) is 17.2 Å². The lowest BCUT2D eigenvalue weighted by molar-refractivity contribution is 0.588. The van der Waals surface area contributed by atoms with Crippen molar-refractivity contribution >= 4 is 15.7 Å². The molecule has 0 radical (unpaired) electrons. The highest BCUT2D eigenvalue weighted by molar-refractivity contribution is 7.92. The minimum Gasteiger partial charge on any atom is -0.330 e. The molecule has 18 heavy (non-hydrogen) atoms. The van der Waals surface area contributed by atoms with E-state index < -0.39 is 21.7 Å². The van der Waals surface area contributed by atoms with Gasteiger partial charge < -0.3 is 5.73 Å². The number of hydrogen-bond donors (Lipinski definition) is 2. The Hall–Kier alpha value is -1.21. The minimum atomic E-state index is -3.67. The average Bonchev–Trinajstić information content (AvgIpc) is 2.26. The number of benzene rings is 1. The van der Waals surface area contributed by atoms with Crippen LogP contribution >= 0.6 is 0 Å². The normalized spacial score (nSPS) is 11.6. The first-order chi connectivity index (χ1) is 8.35. The Morgan fingerprint density at radius 1 is 1.22 bits per heavy atom. The molecule has 0 fully saturated rings. The second kappa shape index (κ2) is 6.10. The molecule has 7 heteroatoms. The SMILES string of the molecule is Cc1cc(F)c(NS(=O)(=O)CCCCN)cc1F. The van der Waals surface area contributed by atoms with Gasteiger partial charge in [0, 0.05) is 6.07 Å². The first-order valence-electron chi connectivity index (χ1n) is 5.52. The summed E-state index contributed by atoms with van der Waals surface area (Å²) < 4.78 is 51.9. The molecular weight excluding hydrogens is 262 g/mol. The van der Waals surface area contributed by atoms with Gasteiger partial charge in [-0.3, -0.25) is 4.72 Å². The Kier molecular flexibility index (Phi) is 5.03. The molecule has 0 aromatic heterocycles. The van der Waals surface area contributed by atoms with E-state index in [1.54, 1.807) is 0 Å². The van der Waals surface area contributed by atoms with E-state index in [1.807, 2.05) is 4.72 Å². The van der Waals surface area contributed by atoms with E-state index >= 15 is 0 Å². The molecule has 0 spiro atoms. The van der Waals surface area contributed by atoms with Gasteiger partial charge >= 0.3 is 0 Å². The van der Waals surface area contributed by atoms with Crippen molar-refractivity contribution in [3.8, 4) is 0 Å². The van der Waals surface area contributed by atoms with Gasteiger partial charge in [0.1, 0.15) is 11.6 Å². The monoisotopic (exact) mass is 278 g/mol. The van der Waals surface area contributed by atoms with Gasteiger partial charge in [-0.25, -0.2) is 17.2 Å². The molecule has 0 aliphatic carbocycles. The Morgan fingerprint density at radius 3 is 2.50 bits per heavy atom. The van der Waals surface area contributed by atoms with Crippen molar-refractivity contribution in [3.05, 3.63) is 29.3 Å². The minimum absolute atomic E-state index is 0.124. The number of unbranched alkanes of at least 4 members (excludes halogenated alkanes) is 1. The fraction of sp³-hybridized carbons (Fsp3) is 0.455. The van der Waals surface area contributed by atoms with Crippen molar-refractivity contribution in [1.82, 2.24) is 0 Å². The first kappa shape index (κ1) is 14.8. The van der Waals surface area contributed by atoms with Crippen LogP contribution in [0.25, 0.3) is 0 Å². The van der Waals surface area contributed by atoms with Gasteiger partial charge in [0.05, 0.1) is 11.4 Å². The molecule has 0 bridgehead atoms. The zero-order valence-electron chi connectivity index (χ0n) is 10.0. The highest BCUT2D eigenvalue weighted by Gasteiger charge is 2.14. The Balaban J connectivity index is 2.81. The average molecular weight is 278 g/mol. The van der Waals surface area contributed by atoms with Crippen LogP contribution in [-0.2, 0) is 10.0 Å². The van der Waals surface area contributed by atoms with Gasteiger partial charge in [-0.1, -0.05) is 0 Å². The summed E-state index contributed by atoms with van der Waals surface area (Å²) in [5.74, 6) is -1.62. The van der Waals surface area contributed by atoms with E-state index in [2.05, 4.69) is 0 Å². The van der Waals surface area contributed by atoms with Crippen LogP contribution in [0.5, 0.6) is 0 Å². The molecule has 0 amide bonds. The Labute approximate surface area is 105 Å². The molecule has 0 aliphatic rings. The summed E-state index contributed by atoms with van der Waals surface area (Å²) in [5, 5.41) is 0. The molecule has 0 heterocycles. The van der Waals surface area contributed by atoms with Crippen molar-refractivity contribution in [3.63, 3.8) is 0 Å². The molecule has 0 unspecified atom stereocenters. The van der Waals surface area contributed by atoms with Gasteiger partial charge in [-0.05, 0) is 37.9 Å². The maximum atomic E-state index is 13.4. The molecule has 1 aromatic carbocycles. The number of hydrogen-bond acceptors (Lipinski definition) is 3. The fourth-order valence-electron chi connectivity index (χ4n) is 1.38. The molecule has 1 rings (SSSR count). The maximum Gasteiger partial charge on any atom is 0.232 e. The first-order valence-corrected chi connectivity index (χ1v) is 7.17. The fourth-order valence-corrected chi connectivity index (χ4v) is 2.56. The molecule has 0 saturated heterocycles. The maximum absolute atomic E-state index is 13.4. The lowest BCUT2D eigenvalue weighted by Gasteiger charge is -2.09. The van der Waals surface area contributed by atoms with Crippen molar-refractivity contribution in [2.45, 2.75) is 19.8 Å². The van der Waals surface area contributed by atoms with Gasteiger partial charge in [0.2, 0.25) is 10.0 Å². The van der Waals surface area contributed by atoms with Crippen molar-refractivity contribution in [1.29, 1.82) is 0 Å². The molecule has 0 atom stereocenters. The van der Waals surface area contributed by atoms with Crippen molar-refractivity contribution < 1.29 is 17.2 Å². The summed E-state index contributed by atoms with van der Waals surface area (Å²) in [4.78, 5) is 0. The topological polar surface area (TPSA) is 72.2 Å². The lowest BCUT2D eigenvalue weighted by Crippen LogP contribution is -2.18. The van der Waals surface area contributed by atoms with Crippen LogP contribution in [0.15, 0.2) is 12.1 Å². The largest absolute Gasteiger partial charge is 0.330 e. The van der Waals surface area contributed by atoms with Crippen molar-refractivity contribution in [2.24, 2.45) is 5.73 Å². The highest BCUT2D eigenvalue weighted by atomic mass is 32.2. The third-order valence-electron chi connectivity index (χ3n) is 2.38. The van der Waals surface area contributed by atoms with Crippen LogP contribution in [0.3, 0.4) is 0 Å². The predicted octanol–water partition coefficient (Wildman–Crippen LogP) is 1.75.